The van der Waals surface area contributed by atoms with Crippen LogP contribution in [-0.2, 0) is 9.53 Å². The van der Waals surface area contributed by atoms with Crippen LogP contribution < -0.4 is 4.74 Å². The maximum atomic E-state index is 13.4. The van der Waals surface area contributed by atoms with E-state index in [0.29, 0.717) is 24.3 Å². The van der Waals surface area contributed by atoms with Crippen molar-refractivity contribution in [3.63, 3.8) is 0 Å². The molecule has 0 saturated carbocycles. The fraction of sp³-hybridized carbons (Fsp3) is 0.350. The molecular weight excluding hydrogens is 361 g/mol. The normalized spacial score (nSPS) is 13.8. The summed E-state index contributed by atoms with van der Waals surface area (Å²) in [5, 5.41) is 9.16. The van der Waals surface area contributed by atoms with Gasteiger partial charge in [-0.05, 0) is 36.2 Å². The van der Waals surface area contributed by atoms with Crippen LogP contribution in [0.4, 0.5) is 13.2 Å². The maximum Gasteiger partial charge on any atom is 0.418 e. The molecule has 0 radical (unpaired) electrons. The van der Waals surface area contributed by atoms with Crippen molar-refractivity contribution in [3.8, 4) is 11.5 Å². The Morgan fingerprint density at radius 2 is 1.63 bits per heavy atom. The Morgan fingerprint density at radius 3 is 2.15 bits per heavy atom. The summed E-state index contributed by atoms with van der Waals surface area (Å²) in [6.07, 6.45) is -7.42. The number of hydrogen-bond donors (Lipinski definition) is 1. The minimum Gasteiger partial charge on any atom is -0.479 e. The van der Waals surface area contributed by atoms with Crippen LogP contribution in [0.3, 0.4) is 0 Å². The molecule has 0 bridgehead atoms. The number of halogens is 3. The van der Waals surface area contributed by atoms with Crippen LogP contribution in [0.5, 0.6) is 11.5 Å². The fourth-order valence-electron chi connectivity index (χ4n) is 2.48. The number of carbonyl (C=O) groups is 1. The van der Waals surface area contributed by atoms with Gasteiger partial charge in [0.1, 0.15) is 11.5 Å². The van der Waals surface area contributed by atoms with Gasteiger partial charge >= 0.3 is 12.1 Å². The van der Waals surface area contributed by atoms with Crippen molar-refractivity contribution >= 4 is 5.97 Å². The largest absolute Gasteiger partial charge is 0.479 e. The Morgan fingerprint density at radius 1 is 1.04 bits per heavy atom. The number of para-hydroxylation sites is 1. The van der Waals surface area contributed by atoms with Crippen LogP contribution in [0, 0.1) is 0 Å². The fourth-order valence-corrected chi connectivity index (χ4v) is 2.48. The molecule has 2 rings (SSSR count). The minimum atomic E-state index is -4.73. The van der Waals surface area contributed by atoms with Crippen LogP contribution in [0.25, 0.3) is 0 Å². The summed E-state index contributed by atoms with van der Waals surface area (Å²) >= 11 is 0. The Balaban J connectivity index is 2.17. The van der Waals surface area contributed by atoms with Gasteiger partial charge in [-0.15, -0.1) is 0 Å². The van der Waals surface area contributed by atoms with E-state index in [-0.39, 0.29) is 12.0 Å². The molecule has 4 nitrogen and oxygen atoms in total. The lowest BCUT2D eigenvalue weighted by Crippen LogP contribution is -2.32. The first kappa shape index (κ1) is 20.8. The molecule has 146 valence electrons. The second-order valence-electron chi connectivity index (χ2n) is 6.01. The van der Waals surface area contributed by atoms with E-state index in [2.05, 4.69) is 0 Å². The van der Waals surface area contributed by atoms with E-state index in [9.17, 15) is 18.0 Å². The first-order valence-electron chi connectivity index (χ1n) is 8.59. The summed E-state index contributed by atoms with van der Waals surface area (Å²) in [7, 11) is 0. The average Bonchev–Trinajstić information content (AvgIpc) is 2.62. The van der Waals surface area contributed by atoms with Crippen molar-refractivity contribution in [2.75, 3.05) is 0 Å². The molecule has 0 heterocycles. The molecule has 2 unspecified atom stereocenters. The molecule has 0 spiro atoms. The van der Waals surface area contributed by atoms with Crippen LogP contribution in [0.1, 0.15) is 37.9 Å². The lowest BCUT2D eigenvalue weighted by Gasteiger charge is -2.25. The molecule has 0 aliphatic carbocycles. The third-order valence-corrected chi connectivity index (χ3v) is 3.85. The number of unbranched alkanes of at least 4 members (excludes halogenated alkanes) is 1. The second kappa shape index (κ2) is 9.41. The number of aliphatic carboxylic acids is 1. The van der Waals surface area contributed by atoms with Gasteiger partial charge in [-0.3, -0.25) is 0 Å². The number of benzene rings is 2. The predicted molar refractivity (Wildman–Crippen MR) is 93.8 cm³/mol. The lowest BCUT2D eigenvalue weighted by molar-refractivity contribution is -0.238. The summed E-state index contributed by atoms with van der Waals surface area (Å²) < 4.78 is 50.9. The molecule has 0 aliphatic heterocycles. The molecule has 0 aromatic heterocycles. The molecule has 27 heavy (non-hydrogen) atoms. The van der Waals surface area contributed by atoms with Crippen LogP contribution in [0.15, 0.2) is 54.6 Å². The van der Waals surface area contributed by atoms with E-state index in [1.54, 1.807) is 24.3 Å². The van der Waals surface area contributed by atoms with E-state index in [1.165, 1.54) is 24.3 Å². The van der Waals surface area contributed by atoms with Gasteiger partial charge in [-0.2, -0.15) is 13.2 Å². The molecule has 0 fully saturated rings. The van der Waals surface area contributed by atoms with Crippen molar-refractivity contribution in [2.45, 2.75) is 44.6 Å². The lowest BCUT2D eigenvalue weighted by atomic mass is 10.1. The molecule has 2 aromatic rings. The Hall–Kier alpha value is -2.54. The number of carboxylic acid groups (broad SMARTS) is 1. The van der Waals surface area contributed by atoms with E-state index >= 15 is 0 Å². The highest BCUT2D eigenvalue weighted by Gasteiger charge is 2.44. The van der Waals surface area contributed by atoms with Crippen LogP contribution >= 0.6 is 0 Å². The zero-order chi connectivity index (χ0) is 19.9. The van der Waals surface area contributed by atoms with E-state index in [0.717, 1.165) is 0 Å². The topological polar surface area (TPSA) is 55.8 Å². The third-order valence-electron chi connectivity index (χ3n) is 3.85. The molecule has 1 N–H and O–H groups in total. The van der Waals surface area contributed by atoms with E-state index in [1.807, 2.05) is 13.0 Å². The standard InChI is InChI=1S/C20H21F3O4/c1-2-3-9-17(19(24)25)27-18(20(21,22)23)14-10-12-16(13-11-14)26-15-7-5-4-6-8-15/h4-8,10-13,17-18H,2-3,9H2,1H3,(H,24,25). The van der Waals surface area contributed by atoms with Gasteiger partial charge in [0.15, 0.2) is 12.2 Å². The van der Waals surface area contributed by atoms with Crippen molar-refractivity contribution in [1.82, 2.24) is 0 Å². The molecule has 2 aromatic carbocycles. The Kier molecular flexibility index (Phi) is 7.24. The number of ether oxygens (including phenoxy) is 2. The zero-order valence-corrected chi connectivity index (χ0v) is 14.8. The first-order valence-corrected chi connectivity index (χ1v) is 8.59. The summed E-state index contributed by atoms with van der Waals surface area (Å²) in [4.78, 5) is 11.2. The molecule has 0 saturated heterocycles. The number of hydrogen-bond acceptors (Lipinski definition) is 3. The van der Waals surface area contributed by atoms with Crippen LogP contribution in [-0.4, -0.2) is 23.4 Å². The molecule has 2 atom stereocenters. The van der Waals surface area contributed by atoms with Gasteiger partial charge in [0.05, 0.1) is 0 Å². The van der Waals surface area contributed by atoms with Crippen molar-refractivity contribution in [3.05, 3.63) is 60.2 Å². The first-order chi connectivity index (χ1) is 12.8. The minimum absolute atomic E-state index is 0.0214. The van der Waals surface area contributed by atoms with Gasteiger partial charge in [-0.1, -0.05) is 50.1 Å². The van der Waals surface area contributed by atoms with E-state index in [4.69, 9.17) is 14.6 Å². The van der Waals surface area contributed by atoms with Gasteiger partial charge in [0, 0.05) is 0 Å². The summed E-state index contributed by atoms with van der Waals surface area (Å²) in [6.45, 7) is 1.83. The second-order valence-corrected chi connectivity index (χ2v) is 6.01. The number of rotatable bonds is 9. The molecule has 0 aliphatic rings. The monoisotopic (exact) mass is 382 g/mol. The van der Waals surface area contributed by atoms with Crippen molar-refractivity contribution in [2.24, 2.45) is 0 Å². The quantitative estimate of drug-likeness (QED) is 0.601. The summed E-state index contributed by atoms with van der Waals surface area (Å²) in [5.41, 5.74) is -0.175. The number of carboxylic acids is 1. The van der Waals surface area contributed by atoms with Gasteiger partial charge in [-0.25, -0.2) is 4.79 Å². The van der Waals surface area contributed by atoms with Gasteiger partial charge in [0.2, 0.25) is 0 Å². The highest BCUT2D eigenvalue weighted by molar-refractivity contribution is 5.72. The van der Waals surface area contributed by atoms with Gasteiger partial charge < -0.3 is 14.6 Å². The molecule has 0 amide bonds. The Bertz CT molecular complexity index is 714. The van der Waals surface area contributed by atoms with Crippen molar-refractivity contribution < 1.29 is 32.5 Å². The average molecular weight is 382 g/mol. The van der Waals surface area contributed by atoms with Crippen molar-refractivity contribution in [1.29, 1.82) is 0 Å². The summed E-state index contributed by atoms with van der Waals surface area (Å²) in [5.74, 6) is -0.479. The highest BCUT2D eigenvalue weighted by atomic mass is 19.4. The highest BCUT2D eigenvalue weighted by Crippen LogP contribution is 2.38. The molecule has 7 heteroatoms. The van der Waals surface area contributed by atoms with Crippen LogP contribution in [0.2, 0.25) is 0 Å². The predicted octanol–water partition coefficient (Wildman–Crippen LogP) is 5.74. The molecular formula is C20H21F3O4. The third kappa shape index (κ3) is 6.29. The summed E-state index contributed by atoms with van der Waals surface area (Å²) in [6, 6.07) is 14.1. The maximum absolute atomic E-state index is 13.4. The number of alkyl halides is 3. The SMILES string of the molecule is CCCCC(OC(c1ccc(Oc2ccccc2)cc1)C(F)(F)F)C(=O)O. The van der Waals surface area contributed by atoms with E-state index < -0.39 is 24.4 Å². The zero-order valence-electron chi connectivity index (χ0n) is 14.8. The smallest absolute Gasteiger partial charge is 0.418 e. The van der Waals surface area contributed by atoms with Gasteiger partial charge in [0.25, 0.3) is 0 Å². The Labute approximate surface area is 155 Å².